The Bertz CT molecular complexity index is 1730. The van der Waals surface area contributed by atoms with Crippen molar-refractivity contribution >= 4 is 28.8 Å². The molecule has 2 N–H and O–H groups in total. The minimum absolute atomic E-state index is 0.0734. The first kappa shape index (κ1) is 28.9. The Balaban J connectivity index is 1.68. The predicted molar refractivity (Wildman–Crippen MR) is 162 cm³/mol. The lowest BCUT2D eigenvalue weighted by Crippen LogP contribution is -2.42. The molecule has 0 amide bonds. The Hall–Kier alpha value is -4.61. The zero-order valence-corrected chi connectivity index (χ0v) is 24.7. The number of nitrogens with two attached hydrogens (primary N) is 1. The van der Waals surface area contributed by atoms with Gasteiger partial charge in [-0.3, -0.25) is 19.8 Å². The molecule has 5 rings (SSSR count). The predicted octanol–water partition coefficient (Wildman–Crippen LogP) is 7.38. The van der Waals surface area contributed by atoms with Crippen LogP contribution in [0.25, 0.3) is 0 Å². The number of hydrogen-bond donors (Lipinski definition) is 1. The quantitative estimate of drug-likeness (QED) is 0.237. The maximum Gasteiger partial charge on any atom is 0.271 e. The first-order valence-corrected chi connectivity index (χ1v) is 14.0. The zero-order valence-electron chi connectivity index (χ0n) is 23.9. The Morgan fingerprint density at radius 2 is 1.86 bits per heavy atom. The van der Waals surface area contributed by atoms with Gasteiger partial charge in [-0.25, -0.2) is 0 Å². The number of aryl methyl sites for hydroxylation is 2. The maximum absolute atomic E-state index is 14.0. The van der Waals surface area contributed by atoms with Crippen LogP contribution in [-0.2, 0) is 11.4 Å². The zero-order chi connectivity index (χ0) is 30.3. The third kappa shape index (κ3) is 5.24. The molecule has 3 aromatic carbocycles. The molecule has 0 radical (unpaired) electrons. The van der Waals surface area contributed by atoms with Gasteiger partial charge in [0.2, 0.25) is 0 Å². The summed E-state index contributed by atoms with van der Waals surface area (Å²) >= 11 is 6.30. The normalized spacial score (nSPS) is 18.0. The number of Topliss-reactive ketones (excluding diaryl/α,β-unsaturated/α-hetero) is 1. The van der Waals surface area contributed by atoms with Crippen molar-refractivity contribution < 1.29 is 14.5 Å². The number of anilines is 1. The van der Waals surface area contributed by atoms with Crippen LogP contribution in [0.1, 0.15) is 54.9 Å². The first-order chi connectivity index (χ1) is 19.9. The fraction of sp³-hybridized carbons (Fsp3) is 0.273. The van der Waals surface area contributed by atoms with Crippen LogP contribution >= 0.6 is 11.6 Å². The van der Waals surface area contributed by atoms with Gasteiger partial charge in [0.05, 0.1) is 33.2 Å². The van der Waals surface area contributed by atoms with Gasteiger partial charge in [0.15, 0.2) is 5.78 Å². The lowest BCUT2D eigenvalue weighted by molar-refractivity contribution is -0.384. The molecule has 1 atom stereocenters. The lowest BCUT2D eigenvalue weighted by atomic mass is 9.68. The summed E-state index contributed by atoms with van der Waals surface area (Å²) in [6.07, 6.45) is 0.803. The molecule has 1 aliphatic carbocycles. The highest BCUT2D eigenvalue weighted by Crippen LogP contribution is 2.51. The van der Waals surface area contributed by atoms with Crippen LogP contribution in [0.15, 0.2) is 83.3 Å². The summed E-state index contributed by atoms with van der Waals surface area (Å²) in [6.45, 7) is 8.20. The van der Waals surface area contributed by atoms with Crippen LogP contribution in [-0.4, -0.2) is 10.7 Å². The molecular formula is C33H31ClN4O4. The van der Waals surface area contributed by atoms with E-state index in [9.17, 15) is 20.2 Å². The molecule has 9 heteroatoms. The topological polar surface area (TPSA) is 122 Å². The molecule has 42 heavy (non-hydrogen) atoms. The van der Waals surface area contributed by atoms with Gasteiger partial charge >= 0.3 is 0 Å². The fourth-order valence-electron chi connectivity index (χ4n) is 5.96. The van der Waals surface area contributed by atoms with E-state index < -0.39 is 10.8 Å². The lowest BCUT2D eigenvalue weighted by Gasteiger charge is -2.44. The largest absolute Gasteiger partial charge is 0.487 e. The highest BCUT2D eigenvalue weighted by Gasteiger charge is 2.45. The number of hydrogen-bond acceptors (Lipinski definition) is 7. The van der Waals surface area contributed by atoms with Gasteiger partial charge in [-0.15, -0.1) is 0 Å². The number of benzene rings is 3. The van der Waals surface area contributed by atoms with Crippen molar-refractivity contribution in [3.63, 3.8) is 0 Å². The van der Waals surface area contributed by atoms with E-state index >= 15 is 0 Å². The summed E-state index contributed by atoms with van der Waals surface area (Å²) in [5.74, 6) is -0.0532. The minimum Gasteiger partial charge on any atom is -0.487 e. The number of carbonyl (C=O) groups is 1. The van der Waals surface area contributed by atoms with Crippen molar-refractivity contribution in [2.75, 3.05) is 4.90 Å². The van der Waals surface area contributed by atoms with Gasteiger partial charge in [0.1, 0.15) is 18.2 Å². The van der Waals surface area contributed by atoms with E-state index in [0.717, 1.165) is 22.3 Å². The van der Waals surface area contributed by atoms with Crippen LogP contribution in [0.5, 0.6) is 5.75 Å². The summed E-state index contributed by atoms with van der Waals surface area (Å²) in [5.41, 5.74) is 11.7. The van der Waals surface area contributed by atoms with E-state index in [1.165, 1.54) is 12.1 Å². The smallest absolute Gasteiger partial charge is 0.271 e. The highest BCUT2D eigenvalue weighted by molar-refractivity contribution is 6.32. The number of ketones is 1. The molecule has 0 aromatic heterocycles. The first-order valence-electron chi connectivity index (χ1n) is 13.6. The number of allylic oxidation sites excluding steroid dienone is 3. The number of para-hydroxylation sites is 1. The number of nitro groups is 1. The van der Waals surface area contributed by atoms with Gasteiger partial charge < -0.3 is 10.5 Å². The number of rotatable bonds is 6. The molecule has 1 unspecified atom stereocenters. The number of ether oxygens (including phenoxy) is 1. The Kier molecular flexibility index (Phi) is 7.56. The van der Waals surface area contributed by atoms with Crippen LogP contribution in [0.2, 0.25) is 5.02 Å². The number of non-ortho nitro benzene ring substituents is 1. The second kappa shape index (κ2) is 11.0. The van der Waals surface area contributed by atoms with Gasteiger partial charge in [-0.1, -0.05) is 55.8 Å². The van der Waals surface area contributed by atoms with Crippen molar-refractivity contribution in [2.45, 2.75) is 53.1 Å². The molecule has 0 spiro atoms. The summed E-state index contributed by atoms with van der Waals surface area (Å²) in [7, 11) is 0. The standard InChI is InChI=1S/C33H31ClN4O4/c1-19-12-20(2)24(13-21(19)18-42-29-11-6-5-10-26(29)34)30-25(17-35)32(36)37(22-8-7-9-23(14-22)38(40)41)27-15-33(3,4)16-28(39)31(27)30/h5-14,30H,15-16,18,36H2,1-4H3. The summed E-state index contributed by atoms with van der Waals surface area (Å²) in [5, 5.41) is 22.6. The van der Waals surface area contributed by atoms with Gasteiger partial charge in [-0.2, -0.15) is 5.26 Å². The molecule has 0 fully saturated rings. The minimum atomic E-state index is -0.691. The Morgan fingerprint density at radius 3 is 2.55 bits per heavy atom. The van der Waals surface area contributed by atoms with Crippen molar-refractivity contribution in [3.05, 3.63) is 121 Å². The van der Waals surface area contributed by atoms with E-state index in [1.54, 1.807) is 29.2 Å². The van der Waals surface area contributed by atoms with Gasteiger partial charge in [0, 0.05) is 29.8 Å². The number of halogens is 1. The number of nitro benzene ring substituents is 1. The highest BCUT2D eigenvalue weighted by atomic mass is 35.5. The molecule has 214 valence electrons. The van der Waals surface area contributed by atoms with E-state index in [1.807, 2.05) is 52.0 Å². The van der Waals surface area contributed by atoms with Crippen molar-refractivity contribution in [2.24, 2.45) is 11.1 Å². The fourth-order valence-corrected chi connectivity index (χ4v) is 6.15. The summed E-state index contributed by atoms with van der Waals surface area (Å²) in [4.78, 5) is 26.7. The van der Waals surface area contributed by atoms with E-state index in [2.05, 4.69) is 6.07 Å². The van der Waals surface area contributed by atoms with E-state index in [4.69, 9.17) is 22.1 Å². The Labute approximate surface area is 249 Å². The summed E-state index contributed by atoms with van der Waals surface area (Å²) in [6, 6.07) is 19.6. The van der Waals surface area contributed by atoms with E-state index in [-0.39, 0.29) is 34.9 Å². The van der Waals surface area contributed by atoms with Crippen molar-refractivity contribution in [1.82, 2.24) is 0 Å². The molecule has 2 aliphatic rings. The maximum atomic E-state index is 14.0. The monoisotopic (exact) mass is 582 g/mol. The van der Waals surface area contributed by atoms with Crippen LogP contribution in [0.4, 0.5) is 11.4 Å². The molecule has 1 aliphatic heterocycles. The van der Waals surface area contributed by atoms with Crippen LogP contribution in [0.3, 0.4) is 0 Å². The molecule has 0 saturated carbocycles. The Morgan fingerprint density at radius 1 is 1.12 bits per heavy atom. The molecule has 3 aromatic rings. The van der Waals surface area contributed by atoms with Crippen molar-refractivity contribution in [3.8, 4) is 11.8 Å². The van der Waals surface area contributed by atoms with Crippen LogP contribution < -0.4 is 15.4 Å². The third-order valence-electron chi connectivity index (χ3n) is 7.94. The second-order valence-electron chi connectivity index (χ2n) is 11.6. The molecular weight excluding hydrogens is 552 g/mol. The number of nitriles is 1. The van der Waals surface area contributed by atoms with Crippen molar-refractivity contribution in [1.29, 1.82) is 5.26 Å². The number of carbonyl (C=O) groups excluding carboxylic acids is 1. The number of nitrogens with zero attached hydrogens (tertiary/aromatic N) is 3. The third-order valence-corrected chi connectivity index (χ3v) is 8.25. The molecule has 1 heterocycles. The SMILES string of the molecule is Cc1cc(C)c(C2C(C#N)=C(N)N(c3cccc([N+](=O)[O-])c3)C3=C2C(=O)CC(C)(C)C3)cc1COc1ccccc1Cl. The van der Waals surface area contributed by atoms with Crippen LogP contribution in [0, 0.1) is 40.7 Å². The van der Waals surface area contributed by atoms with Gasteiger partial charge in [0.25, 0.3) is 5.69 Å². The molecule has 0 bridgehead atoms. The molecule has 8 nitrogen and oxygen atoms in total. The van der Waals surface area contributed by atoms with Gasteiger partial charge in [-0.05, 0) is 66.1 Å². The van der Waals surface area contributed by atoms with E-state index in [0.29, 0.717) is 40.6 Å². The average molecular weight is 583 g/mol. The second-order valence-corrected chi connectivity index (χ2v) is 12.0. The average Bonchev–Trinajstić information content (AvgIpc) is 2.92. The summed E-state index contributed by atoms with van der Waals surface area (Å²) < 4.78 is 6.04. The molecule has 0 saturated heterocycles.